The maximum absolute atomic E-state index is 12.0. The summed E-state index contributed by atoms with van der Waals surface area (Å²) in [5.74, 6) is 1.08. The number of methoxy groups -OCH3 is 1. The average molecular weight is 315 g/mol. The molecule has 1 N–H and O–H groups in total. The summed E-state index contributed by atoms with van der Waals surface area (Å²) in [6.07, 6.45) is 0. The number of carbonyl (C=O) groups excluding carboxylic acids is 1. The Labute approximate surface area is 133 Å². The first kappa shape index (κ1) is 14.8. The first-order valence-corrected chi connectivity index (χ1v) is 7.83. The maximum Gasteiger partial charge on any atom is 0.289 e. The molecule has 0 saturated carbocycles. The zero-order valence-corrected chi connectivity index (χ0v) is 13.5. The molecule has 1 amide bonds. The van der Waals surface area contributed by atoms with Crippen molar-refractivity contribution in [2.24, 2.45) is 0 Å². The van der Waals surface area contributed by atoms with Crippen LogP contribution in [0.1, 0.15) is 22.1 Å². The molecule has 5 heteroatoms. The first-order chi connectivity index (χ1) is 10.5. The number of hydrogen-bond donors (Lipinski definition) is 1. The molecular weight excluding hydrogens is 298 g/mol. The predicted molar refractivity (Wildman–Crippen MR) is 88.8 cm³/mol. The summed E-state index contributed by atoms with van der Waals surface area (Å²) in [5.41, 5.74) is 3.51. The van der Waals surface area contributed by atoms with Gasteiger partial charge in [-0.25, -0.2) is 0 Å². The van der Waals surface area contributed by atoms with Gasteiger partial charge in [-0.15, -0.1) is 0 Å². The molecule has 0 aliphatic carbocycles. The Morgan fingerprint density at radius 2 is 1.73 bits per heavy atom. The number of anilines is 1. The third kappa shape index (κ3) is 2.41. The molecule has 1 aliphatic heterocycles. The number of ether oxygens (including phenoxy) is 1. The highest BCUT2D eigenvalue weighted by atomic mass is 32.2. The van der Waals surface area contributed by atoms with Gasteiger partial charge in [0.1, 0.15) is 16.9 Å². The van der Waals surface area contributed by atoms with E-state index in [0.29, 0.717) is 5.75 Å². The Kier molecular flexibility index (Phi) is 3.74. The number of nitrogens with zero attached hydrogens (tertiary/aromatic N) is 1. The highest BCUT2D eigenvalue weighted by molar-refractivity contribution is 8.16. The number of benzene rings is 2. The van der Waals surface area contributed by atoms with E-state index < -0.39 is 0 Å². The largest absolute Gasteiger partial charge is 0.507 e. The van der Waals surface area contributed by atoms with E-state index >= 15 is 0 Å². The molecular formula is C17H17NO3S. The molecule has 1 atom stereocenters. The van der Waals surface area contributed by atoms with E-state index in [2.05, 4.69) is 0 Å². The second-order valence-electron chi connectivity index (χ2n) is 5.31. The van der Waals surface area contributed by atoms with Crippen LogP contribution in [0.25, 0.3) is 0 Å². The van der Waals surface area contributed by atoms with Crippen molar-refractivity contribution >= 4 is 22.7 Å². The molecule has 0 aromatic heterocycles. The van der Waals surface area contributed by atoms with Crippen molar-refractivity contribution in [1.29, 1.82) is 0 Å². The molecule has 0 spiro atoms. The summed E-state index contributed by atoms with van der Waals surface area (Å²) in [6.45, 7) is 3.74. The van der Waals surface area contributed by atoms with Gasteiger partial charge in [0.15, 0.2) is 0 Å². The zero-order valence-electron chi connectivity index (χ0n) is 12.7. The van der Waals surface area contributed by atoms with E-state index in [-0.39, 0.29) is 10.6 Å². The molecule has 1 aliphatic rings. The fourth-order valence-corrected chi connectivity index (χ4v) is 3.53. The smallest absolute Gasteiger partial charge is 0.289 e. The number of aromatic hydroxyl groups is 1. The SMILES string of the molecule is COc1ccc(N2C(=O)SC2c2cc(C)c(O)c(C)c2)cc1. The van der Waals surface area contributed by atoms with Crippen molar-refractivity contribution in [3.05, 3.63) is 53.1 Å². The van der Waals surface area contributed by atoms with Crippen molar-refractivity contribution in [2.75, 3.05) is 12.0 Å². The summed E-state index contributed by atoms with van der Waals surface area (Å²) in [7, 11) is 1.62. The normalized spacial score (nSPS) is 17.3. The van der Waals surface area contributed by atoms with Crippen LogP contribution in [0.15, 0.2) is 36.4 Å². The third-order valence-electron chi connectivity index (χ3n) is 3.79. The van der Waals surface area contributed by atoms with Crippen molar-refractivity contribution in [1.82, 2.24) is 0 Å². The second-order valence-corrected chi connectivity index (χ2v) is 6.34. The van der Waals surface area contributed by atoms with Gasteiger partial charge in [0.05, 0.1) is 7.11 Å². The summed E-state index contributed by atoms with van der Waals surface area (Å²) in [5, 5.41) is 9.86. The molecule has 0 radical (unpaired) electrons. The molecule has 1 saturated heterocycles. The van der Waals surface area contributed by atoms with Gasteiger partial charge >= 0.3 is 0 Å². The Morgan fingerprint density at radius 3 is 2.23 bits per heavy atom. The predicted octanol–water partition coefficient (Wildman–Crippen LogP) is 4.39. The molecule has 22 heavy (non-hydrogen) atoms. The fraction of sp³-hybridized carbons (Fsp3) is 0.235. The summed E-state index contributed by atoms with van der Waals surface area (Å²) in [6, 6.07) is 11.3. The molecule has 1 unspecified atom stereocenters. The van der Waals surface area contributed by atoms with Crippen LogP contribution in [0, 0.1) is 13.8 Å². The van der Waals surface area contributed by atoms with Gasteiger partial charge in [0.25, 0.3) is 5.24 Å². The second kappa shape index (κ2) is 5.57. The quantitative estimate of drug-likeness (QED) is 0.912. The summed E-state index contributed by atoms with van der Waals surface area (Å²) < 4.78 is 5.15. The Balaban J connectivity index is 1.93. The number of thioether (sulfide) groups is 1. The lowest BCUT2D eigenvalue weighted by atomic mass is 10.0. The molecule has 114 valence electrons. The van der Waals surface area contributed by atoms with Crippen molar-refractivity contribution in [3.8, 4) is 11.5 Å². The van der Waals surface area contributed by atoms with Crippen molar-refractivity contribution in [3.63, 3.8) is 0 Å². The fourth-order valence-electron chi connectivity index (χ4n) is 2.58. The lowest BCUT2D eigenvalue weighted by molar-refractivity contribution is 0.262. The van der Waals surface area contributed by atoms with Crippen LogP contribution in [-0.4, -0.2) is 17.5 Å². The Morgan fingerprint density at radius 1 is 1.14 bits per heavy atom. The van der Waals surface area contributed by atoms with Gasteiger partial charge in [-0.3, -0.25) is 9.69 Å². The average Bonchev–Trinajstić information content (AvgIpc) is 2.50. The van der Waals surface area contributed by atoms with Crippen LogP contribution >= 0.6 is 11.8 Å². The van der Waals surface area contributed by atoms with Gasteiger partial charge in [-0.2, -0.15) is 0 Å². The van der Waals surface area contributed by atoms with Crippen LogP contribution in [0.5, 0.6) is 11.5 Å². The Bertz CT molecular complexity index is 704. The number of phenolic OH excluding ortho intramolecular Hbond substituents is 1. The molecule has 2 aromatic rings. The van der Waals surface area contributed by atoms with Crippen LogP contribution in [-0.2, 0) is 0 Å². The zero-order chi connectivity index (χ0) is 15.9. The molecule has 0 bridgehead atoms. The molecule has 1 fully saturated rings. The summed E-state index contributed by atoms with van der Waals surface area (Å²) in [4.78, 5) is 13.8. The standard InChI is InChI=1S/C17H17NO3S/c1-10-8-12(9-11(2)15(10)19)16-18(17(20)22-16)13-4-6-14(21-3)7-5-13/h4-9,16,19H,1-3H3. The van der Waals surface area contributed by atoms with E-state index in [4.69, 9.17) is 4.74 Å². The van der Waals surface area contributed by atoms with E-state index in [1.165, 1.54) is 11.8 Å². The monoisotopic (exact) mass is 315 g/mol. The minimum atomic E-state index is -0.0566. The number of aryl methyl sites for hydroxylation is 2. The van der Waals surface area contributed by atoms with E-state index in [1.807, 2.05) is 50.2 Å². The number of phenols is 1. The van der Waals surface area contributed by atoms with Gasteiger partial charge in [-0.05, 0) is 78.7 Å². The first-order valence-electron chi connectivity index (χ1n) is 6.95. The lowest BCUT2D eigenvalue weighted by Crippen LogP contribution is -2.40. The van der Waals surface area contributed by atoms with Crippen molar-refractivity contribution in [2.45, 2.75) is 19.2 Å². The summed E-state index contributed by atoms with van der Waals surface area (Å²) >= 11 is 1.29. The highest BCUT2D eigenvalue weighted by Gasteiger charge is 2.39. The highest BCUT2D eigenvalue weighted by Crippen LogP contribution is 2.48. The van der Waals surface area contributed by atoms with Gasteiger partial charge in [-0.1, -0.05) is 0 Å². The number of amides is 1. The lowest BCUT2D eigenvalue weighted by Gasteiger charge is -2.39. The Hall–Kier alpha value is -2.14. The van der Waals surface area contributed by atoms with E-state index in [0.717, 1.165) is 28.1 Å². The van der Waals surface area contributed by atoms with Crippen LogP contribution in [0.3, 0.4) is 0 Å². The van der Waals surface area contributed by atoms with E-state index in [1.54, 1.807) is 12.0 Å². The van der Waals surface area contributed by atoms with Crippen LogP contribution in [0.2, 0.25) is 0 Å². The van der Waals surface area contributed by atoms with Gasteiger partial charge < -0.3 is 9.84 Å². The molecule has 2 aromatic carbocycles. The minimum absolute atomic E-state index is 0.0264. The molecule has 4 nitrogen and oxygen atoms in total. The van der Waals surface area contributed by atoms with Gasteiger partial charge in [0.2, 0.25) is 0 Å². The minimum Gasteiger partial charge on any atom is -0.507 e. The number of carbonyl (C=O) groups is 1. The number of hydrogen-bond acceptors (Lipinski definition) is 4. The topological polar surface area (TPSA) is 49.8 Å². The maximum atomic E-state index is 12.0. The molecule has 3 rings (SSSR count). The number of rotatable bonds is 3. The molecule has 1 heterocycles. The van der Waals surface area contributed by atoms with Crippen molar-refractivity contribution < 1.29 is 14.6 Å². The van der Waals surface area contributed by atoms with E-state index in [9.17, 15) is 9.90 Å². The van der Waals surface area contributed by atoms with Crippen LogP contribution in [0.4, 0.5) is 10.5 Å². The van der Waals surface area contributed by atoms with Gasteiger partial charge in [0, 0.05) is 5.69 Å². The third-order valence-corrected chi connectivity index (χ3v) is 4.90. The van der Waals surface area contributed by atoms with Crippen LogP contribution < -0.4 is 9.64 Å².